The Morgan fingerprint density at radius 2 is 1.78 bits per heavy atom. The molecule has 1 aromatic rings. The van der Waals surface area contributed by atoms with Crippen LogP contribution in [0.1, 0.15) is 50.1 Å². The summed E-state index contributed by atoms with van der Waals surface area (Å²) >= 11 is 0. The van der Waals surface area contributed by atoms with Gasteiger partial charge in [0.2, 0.25) is 0 Å². The molecule has 2 N–H and O–H groups in total. The number of piperidine rings is 1. The molecule has 0 spiro atoms. The summed E-state index contributed by atoms with van der Waals surface area (Å²) in [6.45, 7) is 1.75. The molecule has 1 unspecified atom stereocenters. The second kappa shape index (κ2) is 7.82. The van der Waals surface area contributed by atoms with Crippen LogP contribution in [-0.2, 0) is 0 Å². The molecule has 1 aromatic carbocycles. The average Bonchev–Trinajstić information content (AvgIpc) is 3.14. The first-order valence-electron chi connectivity index (χ1n) is 8.99. The highest BCUT2D eigenvalue weighted by atomic mass is 16.3. The number of hydrogen-bond donors (Lipinski definition) is 2. The third-order valence-electron chi connectivity index (χ3n) is 5.47. The Morgan fingerprint density at radius 1 is 1.13 bits per heavy atom. The predicted octanol–water partition coefficient (Wildman–Crippen LogP) is 3.33. The maximum Gasteiger partial charge on any atom is 0.317 e. The summed E-state index contributed by atoms with van der Waals surface area (Å²) in [7, 11) is 0. The summed E-state index contributed by atoms with van der Waals surface area (Å²) in [5.41, 5.74) is 1.22. The van der Waals surface area contributed by atoms with Crippen molar-refractivity contribution < 1.29 is 9.90 Å². The molecule has 2 amide bonds. The minimum atomic E-state index is 0.0575. The molecule has 126 valence electrons. The first-order chi connectivity index (χ1) is 11.3. The van der Waals surface area contributed by atoms with Gasteiger partial charge in [-0.1, -0.05) is 43.2 Å². The average molecular weight is 316 g/mol. The second-order valence-electron chi connectivity index (χ2n) is 7.00. The Hall–Kier alpha value is -1.55. The van der Waals surface area contributed by atoms with Crippen molar-refractivity contribution in [2.45, 2.75) is 44.6 Å². The van der Waals surface area contributed by atoms with Crippen molar-refractivity contribution in [3.05, 3.63) is 35.9 Å². The zero-order chi connectivity index (χ0) is 16.1. The largest absolute Gasteiger partial charge is 0.396 e. The molecule has 1 heterocycles. The van der Waals surface area contributed by atoms with E-state index in [-0.39, 0.29) is 18.7 Å². The molecule has 1 saturated carbocycles. The van der Waals surface area contributed by atoms with Crippen molar-refractivity contribution in [3.63, 3.8) is 0 Å². The Kier molecular flexibility index (Phi) is 5.55. The fourth-order valence-electron chi connectivity index (χ4n) is 3.97. The van der Waals surface area contributed by atoms with E-state index in [1.807, 2.05) is 11.0 Å². The molecule has 4 nitrogen and oxygen atoms in total. The Labute approximate surface area is 138 Å². The van der Waals surface area contributed by atoms with E-state index in [1.54, 1.807) is 0 Å². The highest BCUT2D eigenvalue weighted by Crippen LogP contribution is 2.35. The summed E-state index contributed by atoms with van der Waals surface area (Å²) in [6.07, 6.45) is 6.75. The van der Waals surface area contributed by atoms with Crippen LogP contribution in [0.15, 0.2) is 30.3 Å². The number of amides is 2. The zero-order valence-corrected chi connectivity index (χ0v) is 13.8. The van der Waals surface area contributed by atoms with Gasteiger partial charge in [0.05, 0.1) is 6.04 Å². The molecule has 1 aliphatic carbocycles. The molecule has 23 heavy (non-hydrogen) atoms. The van der Waals surface area contributed by atoms with E-state index in [0.29, 0.717) is 11.8 Å². The molecule has 1 saturated heterocycles. The van der Waals surface area contributed by atoms with Crippen molar-refractivity contribution in [2.24, 2.45) is 11.8 Å². The highest BCUT2D eigenvalue weighted by molar-refractivity contribution is 5.75. The molecule has 4 heteroatoms. The summed E-state index contributed by atoms with van der Waals surface area (Å²) in [6, 6.07) is 10.6. The maximum atomic E-state index is 12.7. The van der Waals surface area contributed by atoms with Gasteiger partial charge in [-0.05, 0) is 43.1 Å². The Balaban J connectivity index is 1.65. The van der Waals surface area contributed by atoms with Gasteiger partial charge in [-0.25, -0.2) is 4.79 Å². The molecule has 0 aromatic heterocycles. The molecular weight excluding hydrogens is 288 g/mol. The molecular formula is C19H28N2O2. The third kappa shape index (κ3) is 4.05. The van der Waals surface area contributed by atoms with Crippen LogP contribution in [0.3, 0.4) is 0 Å². The van der Waals surface area contributed by atoms with Crippen LogP contribution in [0.4, 0.5) is 4.79 Å². The van der Waals surface area contributed by atoms with Gasteiger partial charge in [0.15, 0.2) is 0 Å². The smallest absolute Gasteiger partial charge is 0.317 e. The second-order valence-corrected chi connectivity index (χ2v) is 7.00. The minimum absolute atomic E-state index is 0.0575. The van der Waals surface area contributed by atoms with E-state index in [9.17, 15) is 9.90 Å². The van der Waals surface area contributed by atoms with Crippen molar-refractivity contribution in [1.29, 1.82) is 0 Å². The number of carbonyl (C=O) groups excluding carboxylic acids is 1. The molecule has 2 aliphatic rings. The molecule has 0 radical (unpaired) electrons. The van der Waals surface area contributed by atoms with E-state index >= 15 is 0 Å². The van der Waals surface area contributed by atoms with Crippen LogP contribution in [0.2, 0.25) is 0 Å². The van der Waals surface area contributed by atoms with Crippen molar-refractivity contribution in [1.82, 2.24) is 10.2 Å². The van der Waals surface area contributed by atoms with Gasteiger partial charge in [-0.3, -0.25) is 0 Å². The van der Waals surface area contributed by atoms with Crippen LogP contribution in [0.25, 0.3) is 0 Å². The van der Waals surface area contributed by atoms with Gasteiger partial charge >= 0.3 is 6.03 Å². The number of aliphatic hydroxyl groups excluding tert-OH is 1. The Morgan fingerprint density at radius 3 is 2.39 bits per heavy atom. The number of carbonyl (C=O) groups is 1. The predicted molar refractivity (Wildman–Crippen MR) is 91.1 cm³/mol. The van der Waals surface area contributed by atoms with E-state index in [0.717, 1.165) is 25.9 Å². The molecule has 1 atom stereocenters. The van der Waals surface area contributed by atoms with Crippen LogP contribution >= 0.6 is 0 Å². The van der Waals surface area contributed by atoms with Crippen molar-refractivity contribution in [2.75, 3.05) is 19.7 Å². The first kappa shape index (κ1) is 16.3. The normalized spacial score (nSPS) is 21.3. The number of hydrogen-bond acceptors (Lipinski definition) is 2. The van der Waals surface area contributed by atoms with Gasteiger partial charge in [0.1, 0.15) is 0 Å². The molecule has 1 aliphatic heterocycles. The lowest BCUT2D eigenvalue weighted by Crippen LogP contribution is -2.47. The van der Waals surface area contributed by atoms with Crippen molar-refractivity contribution in [3.8, 4) is 0 Å². The van der Waals surface area contributed by atoms with E-state index in [4.69, 9.17) is 0 Å². The number of nitrogens with zero attached hydrogens (tertiary/aromatic N) is 1. The summed E-state index contributed by atoms with van der Waals surface area (Å²) in [5, 5.41) is 12.5. The summed E-state index contributed by atoms with van der Waals surface area (Å²) in [5.74, 6) is 0.912. The number of rotatable bonds is 4. The van der Waals surface area contributed by atoms with Gasteiger partial charge in [-0.2, -0.15) is 0 Å². The topological polar surface area (TPSA) is 52.6 Å². The SMILES string of the molecule is O=C(NC(c1ccccc1)C1CCCC1)N1CCC(CO)CC1. The number of urea groups is 1. The maximum absolute atomic E-state index is 12.7. The van der Waals surface area contributed by atoms with Crippen LogP contribution in [0.5, 0.6) is 0 Å². The quantitative estimate of drug-likeness (QED) is 0.895. The zero-order valence-electron chi connectivity index (χ0n) is 13.8. The van der Waals surface area contributed by atoms with E-state index in [2.05, 4.69) is 29.6 Å². The molecule has 0 bridgehead atoms. The van der Waals surface area contributed by atoms with E-state index < -0.39 is 0 Å². The van der Waals surface area contributed by atoms with E-state index in [1.165, 1.54) is 31.2 Å². The van der Waals surface area contributed by atoms with Crippen LogP contribution in [-0.4, -0.2) is 35.7 Å². The lowest BCUT2D eigenvalue weighted by Gasteiger charge is -2.34. The highest BCUT2D eigenvalue weighted by Gasteiger charge is 2.30. The van der Waals surface area contributed by atoms with Gasteiger partial charge in [0, 0.05) is 19.7 Å². The van der Waals surface area contributed by atoms with Gasteiger partial charge in [-0.15, -0.1) is 0 Å². The first-order valence-corrected chi connectivity index (χ1v) is 8.99. The van der Waals surface area contributed by atoms with Gasteiger partial charge in [0.25, 0.3) is 0 Å². The fraction of sp³-hybridized carbons (Fsp3) is 0.632. The van der Waals surface area contributed by atoms with Gasteiger partial charge < -0.3 is 15.3 Å². The lowest BCUT2D eigenvalue weighted by molar-refractivity contribution is 0.133. The Bertz CT molecular complexity index is 491. The number of benzene rings is 1. The van der Waals surface area contributed by atoms with Crippen molar-refractivity contribution >= 4 is 6.03 Å². The number of aliphatic hydroxyl groups is 1. The molecule has 3 rings (SSSR count). The summed E-state index contributed by atoms with van der Waals surface area (Å²) < 4.78 is 0. The minimum Gasteiger partial charge on any atom is -0.396 e. The van der Waals surface area contributed by atoms with Crippen LogP contribution < -0.4 is 5.32 Å². The molecule has 2 fully saturated rings. The fourth-order valence-corrected chi connectivity index (χ4v) is 3.97. The summed E-state index contributed by atoms with van der Waals surface area (Å²) in [4.78, 5) is 14.6. The standard InChI is InChI=1S/C19H28N2O2/c22-14-15-10-12-21(13-11-15)19(23)20-18(17-8-4-5-9-17)16-6-2-1-3-7-16/h1-3,6-7,15,17-18,22H,4-5,8-14H2,(H,20,23). The number of nitrogens with one attached hydrogen (secondary N) is 1. The monoisotopic (exact) mass is 316 g/mol. The lowest BCUT2D eigenvalue weighted by atomic mass is 9.91. The van der Waals surface area contributed by atoms with Crippen LogP contribution in [0, 0.1) is 11.8 Å². The third-order valence-corrected chi connectivity index (χ3v) is 5.47. The number of likely N-dealkylation sites (tertiary alicyclic amines) is 1.